The van der Waals surface area contributed by atoms with Gasteiger partial charge in [0.1, 0.15) is 6.33 Å². The van der Waals surface area contributed by atoms with Crippen LogP contribution in [0, 0.1) is 21.7 Å². The van der Waals surface area contributed by atoms with Crippen molar-refractivity contribution in [2.75, 3.05) is 23.3 Å². The molecule has 0 fully saturated rings. The zero-order valence-corrected chi connectivity index (χ0v) is 12.6. The van der Waals surface area contributed by atoms with Crippen LogP contribution in [-0.2, 0) is 0 Å². The molecule has 1 aromatic heterocycles. The van der Waals surface area contributed by atoms with Crippen LogP contribution in [0.5, 0.6) is 0 Å². The van der Waals surface area contributed by atoms with E-state index in [-0.39, 0.29) is 23.0 Å². The maximum Gasteiger partial charge on any atom is 0.353 e. The lowest BCUT2D eigenvalue weighted by Gasteiger charge is -2.20. The third-order valence-corrected chi connectivity index (χ3v) is 3.23. The van der Waals surface area contributed by atoms with Crippen molar-refractivity contribution in [3.05, 3.63) is 46.3 Å². The average molecular weight is 323 g/mol. The van der Waals surface area contributed by atoms with Crippen molar-refractivity contribution in [2.24, 2.45) is 0 Å². The van der Waals surface area contributed by atoms with Crippen LogP contribution in [0.1, 0.15) is 13.8 Å². The summed E-state index contributed by atoms with van der Waals surface area (Å²) >= 11 is 0. The highest BCUT2D eigenvalue weighted by Crippen LogP contribution is 2.33. The molecule has 0 bridgehead atoms. The van der Waals surface area contributed by atoms with Gasteiger partial charge in [0.15, 0.2) is 11.6 Å². The summed E-state index contributed by atoms with van der Waals surface area (Å²) in [5.74, 6) is -1.98. The van der Waals surface area contributed by atoms with Crippen LogP contribution in [0.15, 0.2) is 24.5 Å². The predicted molar refractivity (Wildman–Crippen MR) is 81.9 cm³/mol. The van der Waals surface area contributed by atoms with E-state index in [1.165, 1.54) is 12.4 Å². The van der Waals surface area contributed by atoms with Crippen LogP contribution in [-0.4, -0.2) is 28.0 Å². The van der Waals surface area contributed by atoms with E-state index in [4.69, 9.17) is 0 Å². The van der Waals surface area contributed by atoms with Crippen molar-refractivity contribution in [3.63, 3.8) is 0 Å². The number of hydrogen-bond donors (Lipinski definition) is 1. The van der Waals surface area contributed by atoms with Crippen molar-refractivity contribution >= 4 is 23.0 Å². The van der Waals surface area contributed by atoms with Crippen molar-refractivity contribution < 1.29 is 13.7 Å². The molecule has 2 aromatic rings. The topological polar surface area (TPSA) is 84.2 Å². The first-order chi connectivity index (χ1) is 11.0. The predicted octanol–water partition coefficient (Wildman–Crippen LogP) is 3.25. The van der Waals surface area contributed by atoms with E-state index in [0.717, 1.165) is 12.1 Å². The molecule has 1 aromatic carbocycles. The monoisotopic (exact) mass is 323 g/mol. The smallest absolute Gasteiger partial charge is 0.351 e. The first kappa shape index (κ1) is 16.5. The third-order valence-electron chi connectivity index (χ3n) is 3.23. The summed E-state index contributed by atoms with van der Waals surface area (Å²) in [5.41, 5.74) is -0.169. The molecule has 0 aliphatic carbocycles. The molecule has 7 nitrogen and oxygen atoms in total. The van der Waals surface area contributed by atoms with Gasteiger partial charge >= 0.3 is 5.69 Å². The summed E-state index contributed by atoms with van der Waals surface area (Å²) in [7, 11) is 0. The van der Waals surface area contributed by atoms with Gasteiger partial charge in [0, 0.05) is 24.8 Å². The van der Waals surface area contributed by atoms with Gasteiger partial charge in [0.25, 0.3) is 0 Å². The molecule has 0 radical (unpaired) electrons. The Balaban J connectivity index is 2.47. The lowest BCUT2D eigenvalue weighted by Crippen LogP contribution is -2.24. The van der Waals surface area contributed by atoms with Crippen LogP contribution in [0.3, 0.4) is 0 Å². The number of nitrogens with one attached hydrogen (secondary N) is 1. The molecule has 0 amide bonds. The molecular weight excluding hydrogens is 308 g/mol. The maximum absolute atomic E-state index is 13.3. The van der Waals surface area contributed by atoms with Crippen LogP contribution in [0.2, 0.25) is 0 Å². The molecule has 2 rings (SSSR count). The highest BCUT2D eigenvalue weighted by molar-refractivity contribution is 5.74. The average Bonchev–Trinajstić information content (AvgIpc) is 2.52. The highest BCUT2D eigenvalue weighted by atomic mass is 19.2. The van der Waals surface area contributed by atoms with Crippen LogP contribution in [0.25, 0.3) is 0 Å². The van der Waals surface area contributed by atoms with Gasteiger partial charge in [0.2, 0.25) is 11.6 Å². The summed E-state index contributed by atoms with van der Waals surface area (Å²) < 4.78 is 26.2. The lowest BCUT2D eigenvalue weighted by atomic mass is 10.3. The van der Waals surface area contributed by atoms with Gasteiger partial charge in [-0.1, -0.05) is 0 Å². The summed E-state index contributed by atoms with van der Waals surface area (Å²) in [6, 6.07) is 3.09. The summed E-state index contributed by atoms with van der Waals surface area (Å²) in [6.45, 7) is 4.74. The number of nitro groups is 1. The number of anilines is 3. The SMILES string of the molecule is CCN(CC)c1ncnc(Nc2ccc(F)c(F)c2)c1[N+](=O)[O-]. The van der Waals surface area contributed by atoms with E-state index < -0.39 is 16.6 Å². The number of halogens is 2. The molecule has 0 saturated carbocycles. The first-order valence-corrected chi connectivity index (χ1v) is 6.94. The van der Waals surface area contributed by atoms with Crippen molar-refractivity contribution in [1.29, 1.82) is 0 Å². The van der Waals surface area contributed by atoms with Gasteiger partial charge in [-0.2, -0.15) is 0 Å². The molecule has 0 spiro atoms. The molecule has 1 N–H and O–H groups in total. The Morgan fingerprint density at radius 3 is 2.48 bits per heavy atom. The molecule has 0 aliphatic rings. The number of hydrogen-bond acceptors (Lipinski definition) is 6. The molecule has 23 heavy (non-hydrogen) atoms. The van der Waals surface area contributed by atoms with Crippen LogP contribution < -0.4 is 10.2 Å². The van der Waals surface area contributed by atoms with E-state index in [9.17, 15) is 18.9 Å². The molecule has 0 saturated heterocycles. The minimum Gasteiger partial charge on any atom is -0.351 e. The zero-order valence-electron chi connectivity index (χ0n) is 12.6. The largest absolute Gasteiger partial charge is 0.353 e. The van der Waals surface area contributed by atoms with Crippen molar-refractivity contribution in [2.45, 2.75) is 13.8 Å². The van der Waals surface area contributed by atoms with E-state index in [1.54, 1.807) is 4.90 Å². The summed E-state index contributed by atoms with van der Waals surface area (Å²) in [5, 5.41) is 14.1. The number of aromatic nitrogens is 2. The second-order valence-corrected chi connectivity index (χ2v) is 4.58. The van der Waals surface area contributed by atoms with Crippen LogP contribution in [0.4, 0.5) is 31.8 Å². The lowest BCUT2D eigenvalue weighted by molar-refractivity contribution is -0.383. The maximum atomic E-state index is 13.3. The summed E-state index contributed by atoms with van der Waals surface area (Å²) in [4.78, 5) is 20.3. The zero-order chi connectivity index (χ0) is 17.0. The fourth-order valence-electron chi connectivity index (χ4n) is 2.09. The Morgan fingerprint density at radius 2 is 1.91 bits per heavy atom. The minimum absolute atomic E-state index is 0.0853. The van der Waals surface area contributed by atoms with Gasteiger partial charge < -0.3 is 10.2 Å². The van der Waals surface area contributed by atoms with Gasteiger partial charge in [-0.25, -0.2) is 18.7 Å². The van der Waals surface area contributed by atoms with Crippen molar-refractivity contribution in [1.82, 2.24) is 9.97 Å². The Bertz CT molecular complexity index is 722. The van der Waals surface area contributed by atoms with Gasteiger partial charge in [-0.15, -0.1) is 0 Å². The molecule has 9 heteroatoms. The molecule has 0 aliphatic heterocycles. The van der Waals surface area contributed by atoms with E-state index in [2.05, 4.69) is 15.3 Å². The normalized spacial score (nSPS) is 10.4. The molecule has 0 atom stereocenters. The second kappa shape index (κ2) is 6.95. The molecule has 0 unspecified atom stereocenters. The first-order valence-electron chi connectivity index (χ1n) is 6.94. The quantitative estimate of drug-likeness (QED) is 0.649. The van der Waals surface area contributed by atoms with E-state index in [1.807, 2.05) is 13.8 Å². The Kier molecular flexibility index (Phi) is 4.99. The number of benzene rings is 1. The Hall–Kier alpha value is -2.84. The third kappa shape index (κ3) is 3.50. The van der Waals surface area contributed by atoms with Gasteiger partial charge in [-0.05, 0) is 26.0 Å². The second-order valence-electron chi connectivity index (χ2n) is 4.58. The number of nitrogens with zero attached hydrogens (tertiary/aromatic N) is 4. The minimum atomic E-state index is -1.06. The number of rotatable bonds is 6. The van der Waals surface area contributed by atoms with Gasteiger partial charge in [-0.3, -0.25) is 10.1 Å². The summed E-state index contributed by atoms with van der Waals surface area (Å²) in [6.07, 6.45) is 1.18. The van der Waals surface area contributed by atoms with Crippen molar-refractivity contribution in [3.8, 4) is 0 Å². The van der Waals surface area contributed by atoms with Gasteiger partial charge in [0.05, 0.1) is 4.92 Å². The fraction of sp³-hybridized carbons (Fsp3) is 0.286. The Labute approximate surface area is 131 Å². The fourth-order valence-corrected chi connectivity index (χ4v) is 2.09. The molecule has 122 valence electrons. The molecular formula is C14H15F2N5O2. The van der Waals surface area contributed by atoms with E-state index >= 15 is 0 Å². The Morgan fingerprint density at radius 1 is 1.22 bits per heavy atom. The van der Waals surface area contributed by atoms with E-state index in [0.29, 0.717) is 13.1 Å². The standard InChI is InChI=1S/C14H15F2N5O2/c1-3-20(4-2)14-12(21(22)23)13(17-8-18-14)19-9-5-6-10(15)11(16)7-9/h5-8H,3-4H2,1-2H3,(H,17,18,19). The highest BCUT2D eigenvalue weighted by Gasteiger charge is 2.26. The van der Waals surface area contributed by atoms with Crippen LogP contribution >= 0.6 is 0 Å². The molecule has 1 heterocycles.